The van der Waals surface area contributed by atoms with E-state index < -0.39 is 15.9 Å². The number of nitrogens with zero attached hydrogens (tertiary/aromatic N) is 1. The van der Waals surface area contributed by atoms with Gasteiger partial charge in [0.05, 0.1) is 4.92 Å². The number of non-ortho nitro benzene ring substituents is 1. The van der Waals surface area contributed by atoms with E-state index in [9.17, 15) is 18.5 Å². The zero-order valence-electron chi connectivity index (χ0n) is 10.7. The van der Waals surface area contributed by atoms with E-state index in [0.717, 1.165) is 11.1 Å². The third kappa shape index (κ3) is 4.43. The van der Waals surface area contributed by atoms with Gasteiger partial charge < -0.3 is 4.18 Å². The van der Waals surface area contributed by atoms with E-state index >= 15 is 0 Å². The van der Waals surface area contributed by atoms with E-state index in [1.165, 1.54) is 12.1 Å². The van der Waals surface area contributed by atoms with Gasteiger partial charge in [0, 0.05) is 12.1 Å². The minimum atomic E-state index is -2.91. The van der Waals surface area contributed by atoms with E-state index in [2.05, 4.69) is 4.18 Å². The van der Waals surface area contributed by atoms with Crippen LogP contribution in [0.2, 0.25) is 0 Å². The highest BCUT2D eigenvalue weighted by atomic mass is 32.2. The van der Waals surface area contributed by atoms with Gasteiger partial charge in [-0.1, -0.05) is 24.3 Å². The number of hydrogen-bond acceptors (Lipinski definition) is 5. The van der Waals surface area contributed by atoms with Crippen molar-refractivity contribution in [2.24, 2.45) is 0 Å². The summed E-state index contributed by atoms with van der Waals surface area (Å²) in [4.78, 5) is 10.1. The molecule has 0 aliphatic heterocycles. The molecule has 0 aromatic heterocycles. The van der Waals surface area contributed by atoms with E-state index in [0.29, 0.717) is 0 Å². The summed E-state index contributed by atoms with van der Waals surface area (Å²) in [6.45, 7) is 0. The molecule has 0 spiro atoms. The summed E-state index contributed by atoms with van der Waals surface area (Å²) in [6, 6.07) is 12.7. The van der Waals surface area contributed by atoms with Crippen LogP contribution in [-0.2, 0) is 11.0 Å². The SMILES string of the molecule is O=[N+]([O-])c1ccc(C=Cc2ccc(O[SH](=O)=O)cc2)cc1. The quantitative estimate of drug-likeness (QED) is 0.397. The lowest BCUT2D eigenvalue weighted by atomic mass is 10.1. The van der Waals surface area contributed by atoms with Gasteiger partial charge in [-0.25, -0.2) is 0 Å². The van der Waals surface area contributed by atoms with E-state index in [1.54, 1.807) is 42.5 Å². The van der Waals surface area contributed by atoms with Crippen LogP contribution in [0, 0.1) is 10.1 Å². The highest BCUT2D eigenvalue weighted by Crippen LogP contribution is 2.16. The zero-order valence-corrected chi connectivity index (χ0v) is 11.6. The summed E-state index contributed by atoms with van der Waals surface area (Å²) in [5.74, 6) is 0.249. The van der Waals surface area contributed by atoms with Crippen LogP contribution in [0.4, 0.5) is 5.69 Å². The number of nitro benzene ring substituents is 1. The van der Waals surface area contributed by atoms with Gasteiger partial charge in [0.15, 0.2) is 0 Å². The lowest BCUT2D eigenvalue weighted by Crippen LogP contribution is -1.89. The van der Waals surface area contributed by atoms with Crippen LogP contribution in [0.15, 0.2) is 48.5 Å². The molecule has 0 N–H and O–H groups in total. The Hall–Kier alpha value is -2.67. The topological polar surface area (TPSA) is 86.5 Å². The summed E-state index contributed by atoms with van der Waals surface area (Å²) in [5, 5.41) is 10.5. The van der Waals surface area contributed by atoms with Crippen molar-refractivity contribution < 1.29 is 17.5 Å². The van der Waals surface area contributed by atoms with Crippen molar-refractivity contribution in [1.82, 2.24) is 0 Å². The van der Waals surface area contributed by atoms with Crippen LogP contribution in [0.1, 0.15) is 11.1 Å². The van der Waals surface area contributed by atoms with E-state index in [4.69, 9.17) is 0 Å². The molecule has 0 atom stereocenters. The van der Waals surface area contributed by atoms with E-state index in [-0.39, 0.29) is 11.4 Å². The average Bonchev–Trinajstić information content (AvgIpc) is 2.46. The average molecular weight is 305 g/mol. The predicted octanol–water partition coefficient (Wildman–Crippen LogP) is 2.67. The van der Waals surface area contributed by atoms with Crippen molar-refractivity contribution in [3.8, 4) is 5.75 Å². The van der Waals surface area contributed by atoms with Crippen molar-refractivity contribution in [2.75, 3.05) is 0 Å². The van der Waals surface area contributed by atoms with Gasteiger partial charge in [-0.05, 0) is 35.4 Å². The Morgan fingerprint density at radius 2 is 1.38 bits per heavy atom. The first-order valence-electron chi connectivity index (χ1n) is 5.89. The van der Waals surface area contributed by atoms with Crippen LogP contribution in [-0.4, -0.2) is 13.3 Å². The molecule has 7 heteroatoms. The monoisotopic (exact) mass is 305 g/mol. The number of benzene rings is 2. The molecule has 2 aromatic rings. The molecule has 0 saturated heterocycles. The third-order valence-electron chi connectivity index (χ3n) is 2.63. The summed E-state index contributed by atoms with van der Waals surface area (Å²) in [5.41, 5.74) is 1.71. The molecule has 0 saturated carbocycles. The molecule has 2 aromatic carbocycles. The Balaban J connectivity index is 2.08. The van der Waals surface area contributed by atoms with Crippen molar-refractivity contribution in [3.05, 3.63) is 69.8 Å². The maximum Gasteiger partial charge on any atom is 0.299 e. The second-order valence-electron chi connectivity index (χ2n) is 4.07. The van der Waals surface area contributed by atoms with Crippen molar-refractivity contribution >= 4 is 28.8 Å². The summed E-state index contributed by atoms with van der Waals surface area (Å²) >= 11 is 0. The molecule has 0 heterocycles. The fourth-order valence-electron chi connectivity index (χ4n) is 1.63. The molecule has 0 aliphatic rings. The Morgan fingerprint density at radius 3 is 1.81 bits per heavy atom. The second-order valence-corrected chi connectivity index (χ2v) is 4.70. The van der Waals surface area contributed by atoms with Gasteiger partial charge in [-0.15, -0.1) is 0 Å². The molecular formula is C14H11NO5S. The van der Waals surface area contributed by atoms with Crippen molar-refractivity contribution in [1.29, 1.82) is 0 Å². The maximum absolute atomic E-state index is 10.5. The molecule has 108 valence electrons. The number of thiol groups is 1. The molecule has 0 radical (unpaired) electrons. The van der Waals surface area contributed by atoms with E-state index in [1.807, 2.05) is 6.08 Å². The third-order valence-corrected chi connectivity index (χ3v) is 2.99. The maximum atomic E-state index is 10.5. The first-order valence-corrected chi connectivity index (χ1v) is 6.99. The molecule has 21 heavy (non-hydrogen) atoms. The molecule has 0 bridgehead atoms. The fourth-order valence-corrected chi connectivity index (χ4v) is 1.92. The van der Waals surface area contributed by atoms with Crippen LogP contribution in [0.5, 0.6) is 5.75 Å². The fraction of sp³-hybridized carbons (Fsp3) is 0. The molecule has 2 rings (SSSR count). The Morgan fingerprint density at radius 1 is 0.905 bits per heavy atom. The second kappa shape index (κ2) is 6.67. The largest absolute Gasteiger partial charge is 0.384 e. The van der Waals surface area contributed by atoms with Gasteiger partial charge in [-0.2, -0.15) is 8.42 Å². The normalized spacial score (nSPS) is 10.9. The van der Waals surface area contributed by atoms with Crippen LogP contribution < -0.4 is 4.18 Å². The zero-order chi connectivity index (χ0) is 15.2. The minimum absolute atomic E-state index is 0.0420. The summed E-state index contributed by atoms with van der Waals surface area (Å²) < 4.78 is 25.3. The first kappa shape index (κ1) is 14.7. The summed E-state index contributed by atoms with van der Waals surface area (Å²) in [6.07, 6.45) is 3.61. The summed E-state index contributed by atoms with van der Waals surface area (Å²) in [7, 11) is -2.91. The Labute approximate surface area is 122 Å². The van der Waals surface area contributed by atoms with Crippen LogP contribution in [0.25, 0.3) is 12.2 Å². The van der Waals surface area contributed by atoms with Crippen LogP contribution >= 0.6 is 0 Å². The van der Waals surface area contributed by atoms with Gasteiger partial charge in [0.2, 0.25) is 0 Å². The molecule has 0 unspecified atom stereocenters. The molecule has 0 amide bonds. The first-order chi connectivity index (χ1) is 10.0. The lowest BCUT2D eigenvalue weighted by molar-refractivity contribution is -0.384. The van der Waals surface area contributed by atoms with Gasteiger partial charge in [-0.3, -0.25) is 10.1 Å². The lowest BCUT2D eigenvalue weighted by Gasteiger charge is -1.98. The van der Waals surface area contributed by atoms with Crippen molar-refractivity contribution in [2.45, 2.75) is 0 Å². The Bertz CT molecular complexity index is 725. The number of rotatable bonds is 5. The number of nitro groups is 1. The number of hydrogen-bond donors (Lipinski definition) is 1. The smallest absolute Gasteiger partial charge is 0.299 e. The highest BCUT2D eigenvalue weighted by Gasteiger charge is 2.02. The van der Waals surface area contributed by atoms with Gasteiger partial charge in [0.25, 0.3) is 16.7 Å². The molecule has 0 fully saturated rings. The van der Waals surface area contributed by atoms with Gasteiger partial charge in [0.1, 0.15) is 5.75 Å². The molecular weight excluding hydrogens is 294 g/mol. The predicted molar refractivity (Wildman–Crippen MR) is 79.4 cm³/mol. The Kier molecular flexibility index (Phi) is 4.68. The van der Waals surface area contributed by atoms with Gasteiger partial charge >= 0.3 is 0 Å². The minimum Gasteiger partial charge on any atom is -0.384 e. The molecule has 0 aliphatic carbocycles. The van der Waals surface area contributed by atoms with Crippen molar-refractivity contribution in [3.63, 3.8) is 0 Å². The molecule has 6 nitrogen and oxygen atoms in total. The standard InChI is InChI=1S/C14H11NO5S/c16-15(17)13-7-3-11(4-8-13)1-2-12-5-9-14(10-6-12)20-21(18)19/h1-10,21H. The van der Waals surface area contributed by atoms with Crippen LogP contribution in [0.3, 0.4) is 0 Å². The highest BCUT2D eigenvalue weighted by molar-refractivity contribution is 7.67.